The monoisotopic (exact) mass is 658 g/mol. The van der Waals surface area contributed by atoms with Crippen molar-refractivity contribution in [2.24, 2.45) is 15.9 Å². The molecule has 2 aliphatic carbocycles. The van der Waals surface area contributed by atoms with Gasteiger partial charge in [0.15, 0.2) is 5.66 Å². The van der Waals surface area contributed by atoms with Gasteiger partial charge in [-0.1, -0.05) is 127 Å². The van der Waals surface area contributed by atoms with Gasteiger partial charge < -0.3 is 10.1 Å². The fourth-order valence-corrected chi connectivity index (χ4v) is 8.39. The number of rotatable bonds is 4. The van der Waals surface area contributed by atoms with Crippen LogP contribution in [-0.2, 0) is 11.1 Å². The number of ether oxygens (including phenoxy) is 1. The summed E-state index contributed by atoms with van der Waals surface area (Å²) in [4.78, 5) is 15.4. The van der Waals surface area contributed by atoms with E-state index in [0.717, 1.165) is 63.1 Å². The molecular formula is C46H34N4O. The Morgan fingerprint density at radius 1 is 0.667 bits per heavy atom. The fraction of sp³-hybridized carbons (Fsp3) is 0.109. The van der Waals surface area contributed by atoms with Crippen LogP contribution in [0.4, 0.5) is 0 Å². The van der Waals surface area contributed by atoms with Gasteiger partial charge >= 0.3 is 0 Å². The van der Waals surface area contributed by atoms with Crippen molar-refractivity contribution in [1.29, 1.82) is 0 Å². The number of nitrogens with zero attached hydrogens (tertiary/aromatic N) is 3. The van der Waals surface area contributed by atoms with Crippen LogP contribution in [0.5, 0.6) is 11.5 Å². The Kier molecular flexibility index (Phi) is 6.59. The second-order valence-electron chi connectivity index (χ2n) is 13.7. The van der Waals surface area contributed by atoms with Crippen molar-refractivity contribution in [2.75, 3.05) is 0 Å². The smallest absolute Gasteiger partial charge is 0.177 e. The summed E-state index contributed by atoms with van der Waals surface area (Å²) in [7, 11) is 0. The van der Waals surface area contributed by atoms with E-state index >= 15 is 0 Å². The molecule has 0 bridgehead atoms. The standard InChI is InChI=1S/C46H34N4O/c1-45(49-43(31-13-3-2-4-14-31)48-44(50-45)32-24-22-30(23-25-32)40-20-11-12-28-47-40)33-26-27-42-39(29-33)46(38-19-9-10-21-41(38)51-42)36-17-7-5-15-34(36)35-16-6-8-18-37(35)46/h2-24,26-29,32H,25H2,1H3,(H,48,49,50). The van der Waals surface area contributed by atoms with E-state index in [1.807, 2.05) is 24.4 Å². The van der Waals surface area contributed by atoms with Gasteiger partial charge in [0.2, 0.25) is 0 Å². The molecule has 1 aromatic heterocycles. The molecule has 3 heterocycles. The zero-order valence-electron chi connectivity index (χ0n) is 28.1. The Hall–Kier alpha value is -6.33. The molecule has 2 unspecified atom stereocenters. The maximum Gasteiger partial charge on any atom is 0.177 e. The molecule has 4 aliphatic rings. The molecule has 5 aromatic carbocycles. The lowest BCUT2D eigenvalue weighted by Crippen LogP contribution is -2.43. The van der Waals surface area contributed by atoms with Crippen LogP contribution in [0.15, 0.2) is 174 Å². The molecule has 1 spiro atoms. The van der Waals surface area contributed by atoms with E-state index in [9.17, 15) is 0 Å². The summed E-state index contributed by atoms with van der Waals surface area (Å²) in [5.41, 5.74) is 9.92. The maximum atomic E-state index is 6.72. The summed E-state index contributed by atoms with van der Waals surface area (Å²) >= 11 is 0. The number of aliphatic imine (C=N–C) groups is 2. The van der Waals surface area contributed by atoms with E-state index in [1.165, 1.54) is 22.3 Å². The Balaban J connectivity index is 1.15. The lowest BCUT2D eigenvalue weighted by atomic mass is 9.65. The molecule has 0 saturated carbocycles. The zero-order valence-corrected chi connectivity index (χ0v) is 28.1. The number of pyridine rings is 1. The van der Waals surface area contributed by atoms with Gasteiger partial charge in [0.1, 0.15) is 23.2 Å². The van der Waals surface area contributed by atoms with Crippen LogP contribution in [-0.4, -0.2) is 16.7 Å². The van der Waals surface area contributed by atoms with Crippen LogP contribution >= 0.6 is 0 Å². The highest BCUT2D eigenvalue weighted by Gasteiger charge is 2.51. The minimum atomic E-state index is -0.907. The zero-order chi connectivity index (χ0) is 34.0. The highest BCUT2D eigenvalue weighted by Crippen LogP contribution is 2.62. The lowest BCUT2D eigenvalue weighted by Gasteiger charge is -2.40. The first-order valence-corrected chi connectivity index (χ1v) is 17.6. The molecule has 0 fully saturated rings. The predicted octanol–water partition coefficient (Wildman–Crippen LogP) is 9.83. The van der Waals surface area contributed by atoms with Gasteiger partial charge in [0, 0.05) is 34.4 Å². The highest BCUT2D eigenvalue weighted by atomic mass is 16.5. The van der Waals surface area contributed by atoms with Crippen LogP contribution < -0.4 is 10.1 Å². The van der Waals surface area contributed by atoms with Crippen LogP contribution in [0.25, 0.3) is 16.7 Å². The van der Waals surface area contributed by atoms with Gasteiger partial charge in [-0.25, -0.2) is 9.98 Å². The summed E-state index contributed by atoms with van der Waals surface area (Å²) in [6.45, 7) is 2.13. The van der Waals surface area contributed by atoms with E-state index in [4.69, 9.17) is 14.7 Å². The normalized spacial score (nSPS) is 20.4. The Morgan fingerprint density at radius 3 is 2.08 bits per heavy atom. The van der Waals surface area contributed by atoms with Gasteiger partial charge in [-0.2, -0.15) is 0 Å². The number of allylic oxidation sites excluding steroid dienone is 3. The number of benzene rings is 5. The minimum Gasteiger partial charge on any atom is -0.457 e. The van der Waals surface area contributed by atoms with E-state index in [-0.39, 0.29) is 5.92 Å². The van der Waals surface area contributed by atoms with Crippen molar-refractivity contribution in [3.05, 3.63) is 203 Å². The highest BCUT2D eigenvalue weighted by molar-refractivity contribution is 6.12. The number of amidine groups is 2. The molecule has 0 amide bonds. The molecule has 5 nitrogen and oxygen atoms in total. The van der Waals surface area contributed by atoms with Crippen LogP contribution in [0, 0.1) is 5.92 Å². The lowest BCUT2D eigenvalue weighted by molar-refractivity contribution is 0.433. The van der Waals surface area contributed by atoms with Gasteiger partial charge in [0.05, 0.1) is 11.1 Å². The van der Waals surface area contributed by atoms with E-state index in [0.29, 0.717) is 0 Å². The molecule has 244 valence electrons. The summed E-state index contributed by atoms with van der Waals surface area (Å²) in [5.74, 6) is 3.48. The van der Waals surface area contributed by atoms with E-state index in [2.05, 4.69) is 157 Å². The Morgan fingerprint density at radius 2 is 1.35 bits per heavy atom. The van der Waals surface area contributed by atoms with Crippen LogP contribution in [0.3, 0.4) is 0 Å². The molecule has 10 rings (SSSR count). The first-order valence-electron chi connectivity index (χ1n) is 17.6. The number of fused-ring (bicyclic) bond motifs is 9. The second-order valence-corrected chi connectivity index (χ2v) is 13.7. The average molecular weight is 659 g/mol. The van der Waals surface area contributed by atoms with Gasteiger partial charge in [-0.05, 0) is 71.5 Å². The summed E-state index contributed by atoms with van der Waals surface area (Å²) in [6.07, 6.45) is 9.31. The number of hydrogen-bond acceptors (Lipinski definition) is 5. The predicted molar refractivity (Wildman–Crippen MR) is 204 cm³/mol. The van der Waals surface area contributed by atoms with Crippen molar-refractivity contribution in [2.45, 2.75) is 24.4 Å². The molecule has 6 aromatic rings. The first kappa shape index (κ1) is 29.6. The molecule has 0 radical (unpaired) electrons. The number of para-hydroxylation sites is 1. The Bertz CT molecular complexity index is 2430. The molecule has 0 saturated heterocycles. The third-order valence-corrected chi connectivity index (χ3v) is 10.8. The number of nitrogens with one attached hydrogen (secondary N) is 1. The first-order chi connectivity index (χ1) is 25.1. The van der Waals surface area contributed by atoms with Crippen molar-refractivity contribution in [1.82, 2.24) is 10.3 Å². The number of aromatic nitrogens is 1. The van der Waals surface area contributed by atoms with Crippen LogP contribution in [0.2, 0.25) is 0 Å². The van der Waals surface area contributed by atoms with Gasteiger partial charge in [-0.3, -0.25) is 4.98 Å². The summed E-state index contributed by atoms with van der Waals surface area (Å²) in [6, 6.07) is 49.1. The van der Waals surface area contributed by atoms with Crippen molar-refractivity contribution in [3.63, 3.8) is 0 Å². The second kappa shape index (κ2) is 11.4. The topological polar surface area (TPSA) is 58.9 Å². The summed E-state index contributed by atoms with van der Waals surface area (Å²) < 4.78 is 6.72. The quantitative estimate of drug-likeness (QED) is 0.205. The van der Waals surface area contributed by atoms with Crippen molar-refractivity contribution >= 4 is 17.2 Å². The molecule has 5 heteroatoms. The van der Waals surface area contributed by atoms with E-state index < -0.39 is 11.1 Å². The van der Waals surface area contributed by atoms with Crippen molar-refractivity contribution in [3.8, 4) is 22.6 Å². The van der Waals surface area contributed by atoms with Crippen molar-refractivity contribution < 1.29 is 4.74 Å². The molecule has 2 aliphatic heterocycles. The molecule has 51 heavy (non-hydrogen) atoms. The third-order valence-electron chi connectivity index (χ3n) is 10.8. The van der Waals surface area contributed by atoms with Gasteiger partial charge in [0.25, 0.3) is 0 Å². The maximum absolute atomic E-state index is 6.72. The third kappa shape index (κ3) is 4.51. The molecule has 1 N–H and O–H groups in total. The molecule has 2 atom stereocenters. The fourth-order valence-electron chi connectivity index (χ4n) is 8.39. The number of hydrogen-bond donors (Lipinski definition) is 1. The minimum absolute atomic E-state index is 0.0544. The van der Waals surface area contributed by atoms with Crippen LogP contribution in [0.1, 0.15) is 52.4 Å². The van der Waals surface area contributed by atoms with E-state index in [1.54, 1.807) is 0 Å². The largest absolute Gasteiger partial charge is 0.457 e. The summed E-state index contributed by atoms with van der Waals surface area (Å²) in [5, 5.41) is 3.65. The molecular weight excluding hydrogens is 625 g/mol. The SMILES string of the molecule is CC1(c2ccc3c(c2)C2(c4ccccc4O3)c3ccccc3-c3ccccc32)N=C(c2ccccc2)NC(C2C=CC(c3ccccn3)=CC2)=N1. The average Bonchev–Trinajstić information content (AvgIpc) is 3.49. The van der Waals surface area contributed by atoms with Gasteiger partial charge in [-0.15, -0.1) is 0 Å². The Labute approximate surface area is 297 Å².